The van der Waals surface area contributed by atoms with Gasteiger partial charge in [0.2, 0.25) is 0 Å². The van der Waals surface area contributed by atoms with Crippen LogP contribution < -0.4 is 11.3 Å². The van der Waals surface area contributed by atoms with Crippen LogP contribution in [0.3, 0.4) is 0 Å². The zero-order chi connectivity index (χ0) is 12.2. The average molecular weight is 234 g/mol. The fraction of sp³-hybridized carbons (Fsp3) is 0.400. The summed E-state index contributed by atoms with van der Waals surface area (Å²) in [6.07, 6.45) is 1.60. The van der Waals surface area contributed by atoms with Gasteiger partial charge in [0.25, 0.3) is 17.4 Å². The molecule has 1 aliphatic carbocycles. The molecule has 1 aliphatic heterocycles. The SMILES string of the molecule is NCc1nc2c(c(=O)[nH]1)C(=O)N(C1CC1)C2=O. The van der Waals surface area contributed by atoms with E-state index in [1.54, 1.807) is 0 Å². The Balaban J connectivity index is 2.18. The lowest BCUT2D eigenvalue weighted by molar-refractivity contribution is 0.0640. The maximum atomic E-state index is 12.0. The van der Waals surface area contributed by atoms with Crippen LogP contribution in [0.15, 0.2) is 4.79 Å². The molecule has 2 amide bonds. The molecular formula is C10H10N4O3. The zero-order valence-electron chi connectivity index (χ0n) is 8.90. The number of nitrogens with one attached hydrogen (secondary N) is 1. The van der Waals surface area contributed by atoms with Gasteiger partial charge in [0.1, 0.15) is 17.1 Å². The molecule has 1 saturated carbocycles. The maximum absolute atomic E-state index is 12.0. The lowest BCUT2D eigenvalue weighted by Gasteiger charge is -2.10. The predicted molar refractivity (Wildman–Crippen MR) is 56.3 cm³/mol. The maximum Gasteiger partial charge on any atom is 0.280 e. The Morgan fingerprint density at radius 3 is 2.59 bits per heavy atom. The van der Waals surface area contributed by atoms with E-state index in [1.807, 2.05) is 0 Å². The van der Waals surface area contributed by atoms with Crippen molar-refractivity contribution in [2.75, 3.05) is 0 Å². The largest absolute Gasteiger partial charge is 0.324 e. The Morgan fingerprint density at radius 2 is 2.00 bits per heavy atom. The van der Waals surface area contributed by atoms with Crippen molar-refractivity contribution in [3.63, 3.8) is 0 Å². The minimum Gasteiger partial charge on any atom is -0.324 e. The summed E-state index contributed by atoms with van der Waals surface area (Å²) in [5.74, 6) is -0.800. The molecule has 7 heteroatoms. The van der Waals surface area contributed by atoms with E-state index >= 15 is 0 Å². The summed E-state index contributed by atoms with van der Waals surface area (Å²) in [7, 11) is 0. The summed E-state index contributed by atoms with van der Waals surface area (Å²) in [5.41, 5.74) is 4.55. The molecule has 3 N–H and O–H groups in total. The topological polar surface area (TPSA) is 109 Å². The fourth-order valence-corrected chi connectivity index (χ4v) is 1.96. The molecule has 0 unspecified atom stereocenters. The Bertz CT molecular complexity index is 588. The standard InChI is InChI=1S/C10H10N4O3/c11-3-5-12-7-6(8(15)13-5)9(16)14(10(7)17)4-1-2-4/h4H,1-3,11H2,(H,12,13,15). The first-order valence-corrected chi connectivity index (χ1v) is 5.34. The Labute approximate surface area is 95.6 Å². The predicted octanol–water partition coefficient (Wildman–Crippen LogP) is -1.01. The van der Waals surface area contributed by atoms with Crippen LogP contribution in [0.25, 0.3) is 0 Å². The number of aromatic amines is 1. The van der Waals surface area contributed by atoms with Gasteiger partial charge in [0, 0.05) is 6.04 Å². The second kappa shape index (κ2) is 3.24. The molecule has 2 heterocycles. The number of aromatic nitrogens is 2. The van der Waals surface area contributed by atoms with Crippen molar-refractivity contribution < 1.29 is 9.59 Å². The molecule has 0 spiro atoms. The molecule has 3 rings (SSSR count). The van der Waals surface area contributed by atoms with Crippen molar-refractivity contribution >= 4 is 11.8 Å². The summed E-state index contributed by atoms with van der Waals surface area (Å²) in [5, 5.41) is 0. The highest BCUT2D eigenvalue weighted by atomic mass is 16.2. The van der Waals surface area contributed by atoms with Gasteiger partial charge in [-0.1, -0.05) is 0 Å². The highest BCUT2D eigenvalue weighted by Gasteiger charge is 2.46. The van der Waals surface area contributed by atoms with E-state index in [1.165, 1.54) is 0 Å². The van der Waals surface area contributed by atoms with Crippen LogP contribution in [0.1, 0.15) is 39.5 Å². The van der Waals surface area contributed by atoms with Gasteiger partial charge in [-0.25, -0.2) is 4.98 Å². The van der Waals surface area contributed by atoms with Crippen LogP contribution in [0.4, 0.5) is 0 Å². The monoisotopic (exact) mass is 234 g/mol. The minimum atomic E-state index is -0.586. The Morgan fingerprint density at radius 1 is 1.29 bits per heavy atom. The molecular weight excluding hydrogens is 224 g/mol. The van der Waals surface area contributed by atoms with Gasteiger partial charge in [-0.3, -0.25) is 19.3 Å². The van der Waals surface area contributed by atoms with E-state index in [9.17, 15) is 14.4 Å². The highest BCUT2D eigenvalue weighted by Crippen LogP contribution is 2.32. The van der Waals surface area contributed by atoms with Crippen LogP contribution in [0.5, 0.6) is 0 Å². The first-order chi connectivity index (χ1) is 8.13. The third kappa shape index (κ3) is 1.32. The number of fused-ring (bicyclic) bond motifs is 1. The van der Waals surface area contributed by atoms with Crippen LogP contribution in [0.2, 0.25) is 0 Å². The quantitative estimate of drug-likeness (QED) is 0.637. The molecule has 0 radical (unpaired) electrons. The summed E-state index contributed by atoms with van der Waals surface area (Å²) in [4.78, 5) is 43.0. The average Bonchev–Trinajstić information content (AvgIpc) is 3.08. The lowest BCUT2D eigenvalue weighted by atomic mass is 10.2. The van der Waals surface area contributed by atoms with E-state index in [0.29, 0.717) is 0 Å². The number of carbonyl (C=O) groups is 2. The normalized spacial score (nSPS) is 18.8. The molecule has 0 aromatic carbocycles. The van der Waals surface area contributed by atoms with E-state index in [0.717, 1.165) is 17.7 Å². The fourth-order valence-electron chi connectivity index (χ4n) is 1.96. The van der Waals surface area contributed by atoms with Crippen LogP contribution in [0, 0.1) is 0 Å². The molecule has 1 fully saturated rings. The molecule has 0 atom stereocenters. The van der Waals surface area contributed by atoms with E-state index in [4.69, 9.17) is 5.73 Å². The van der Waals surface area contributed by atoms with Crippen molar-refractivity contribution in [1.29, 1.82) is 0 Å². The second-order valence-electron chi connectivity index (χ2n) is 4.15. The van der Waals surface area contributed by atoms with Gasteiger partial charge in [0.05, 0.1) is 6.54 Å². The molecule has 17 heavy (non-hydrogen) atoms. The second-order valence-corrected chi connectivity index (χ2v) is 4.15. The first-order valence-electron chi connectivity index (χ1n) is 5.34. The van der Waals surface area contributed by atoms with Gasteiger partial charge in [-0.05, 0) is 12.8 Å². The summed E-state index contributed by atoms with van der Waals surface area (Å²) < 4.78 is 0. The van der Waals surface area contributed by atoms with Gasteiger partial charge in [-0.15, -0.1) is 0 Å². The minimum absolute atomic E-state index is 0.0212. The van der Waals surface area contributed by atoms with Gasteiger partial charge in [0.15, 0.2) is 0 Å². The number of hydrogen-bond acceptors (Lipinski definition) is 5. The number of carbonyl (C=O) groups excluding carboxylic acids is 2. The summed E-state index contributed by atoms with van der Waals surface area (Å²) in [6.45, 7) is 0.0212. The van der Waals surface area contributed by atoms with Crippen LogP contribution >= 0.6 is 0 Å². The number of imide groups is 1. The van der Waals surface area contributed by atoms with Crippen molar-refractivity contribution in [3.8, 4) is 0 Å². The molecule has 1 aromatic rings. The van der Waals surface area contributed by atoms with Gasteiger partial charge in [-0.2, -0.15) is 0 Å². The summed E-state index contributed by atoms with van der Waals surface area (Å²) in [6, 6.07) is -0.0649. The van der Waals surface area contributed by atoms with Crippen LogP contribution in [-0.2, 0) is 6.54 Å². The molecule has 0 bridgehead atoms. The van der Waals surface area contributed by atoms with Crippen LogP contribution in [-0.4, -0.2) is 32.7 Å². The first kappa shape index (κ1) is 10.2. The van der Waals surface area contributed by atoms with E-state index in [-0.39, 0.29) is 29.7 Å². The smallest absolute Gasteiger partial charge is 0.280 e. The third-order valence-corrected chi connectivity index (χ3v) is 2.93. The Kier molecular flexibility index (Phi) is 1.93. The van der Waals surface area contributed by atoms with Crippen molar-refractivity contribution in [3.05, 3.63) is 27.4 Å². The molecule has 2 aliphatic rings. The Hall–Kier alpha value is -2.02. The lowest BCUT2D eigenvalue weighted by Crippen LogP contribution is -2.32. The number of H-pyrrole nitrogens is 1. The van der Waals surface area contributed by atoms with Crippen molar-refractivity contribution in [2.45, 2.75) is 25.4 Å². The number of rotatable bonds is 2. The van der Waals surface area contributed by atoms with Crippen molar-refractivity contribution in [2.24, 2.45) is 5.73 Å². The van der Waals surface area contributed by atoms with E-state index < -0.39 is 17.4 Å². The van der Waals surface area contributed by atoms with E-state index in [2.05, 4.69) is 9.97 Å². The van der Waals surface area contributed by atoms with Crippen molar-refractivity contribution in [1.82, 2.24) is 14.9 Å². The molecule has 88 valence electrons. The summed E-state index contributed by atoms with van der Waals surface area (Å²) >= 11 is 0. The number of hydrogen-bond donors (Lipinski definition) is 2. The third-order valence-electron chi connectivity index (χ3n) is 2.93. The molecule has 1 aromatic heterocycles. The number of amides is 2. The van der Waals surface area contributed by atoms with Gasteiger partial charge < -0.3 is 10.7 Å². The number of nitrogens with two attached hydrogens (primary N) is 1. The molecule has 0 saturated heterocycles. The highest BCUT2D eigenvalue weighted by molar-refractivity contribution is 6.20. The zero-order valence-corrected chi connectivity index (χ0v) is 8.90. The molecule has 7 nitrogen and oxygen atoms in total. The van der Waals surface area contributed by atoms with Gasteiger partial charge >= 0.3 is 0 Å². The number of nitrogens with zero attached hydrogens (tertiary/aromatic N) is 2.